The molecule has 1 unspecified atom stereocenters. The van der Waals surface area contributed by atoms with Gasteiger partial charge in [-0.1, -0.05) is 19.9 Å². The second-order valence-corrected chi connectivity index (χ2v) is 5.62. The van der Waals surface area contributed by atoms with Crippen LogP contribution in [0.3, 0.4) is 0 Å². The molecule has 0 aliphatic carbocycles. The van der Waals surface area contributed by atoms with Gasteiger partial charge in [-0.3, -0.25) is 0 Å². The Morgan fingerprint density at radius 3 is 2.56 bits per heavy atom. The molecule has 1 saturated heterocycles. The van der Waals surface area contributed by atoms with Gasteiger partial charge in [-0.05, 0) is 43.2 Å². The zero-order valence-corrected chi connectivity index (χ0v) is 11.8. The van der Waals surface area contributed by atoms with Gasteiger partial charge in [0.1, 0.15) is 5.82 Å². The van der Waals surface area contributed by atoms with E-state index in [9.17, 15) is 0 Å². The fourth-order valence-corrected chi connectivity index (χ4v) is 2.81. The van der Waals surface area contributed by atoms with Crippen LogP contribution >= 0.6 is 0 Å². The number of pyridine rings is 1. The van der Waals surface area contributed by atoms with E-state index in [1.54, 1.807) is 0 Å². The Kier molecular flexibility index (Phi) is 3.91. The predicted molar refractivity (Wildman–Crippen MR) is 76.7 cm³/mol. The van der Waals surface area contributed by atoms with Gasteiger partial charge in [-0.15, -0.1) is 0 Å². The van der Waals surface area contributed by atoms with Crippen molar-refractivity contribution in [2.24, 2.45) is 11.1 Å². The van der Waals surface area contributed by atoms with Crippen LogP contribution in [0.2, 0.25) is 0 Å². The molecule has 0 bridgehead atoms. The molecule has 0 saturated carbocycles. The van der Waals surface area contributed by atoms with Crippen LogP contribution < -0.4 is 10.6 Å². The van der Waals surface area contributed by atoms with Gasteiger partial charge in [0.25, 0.3) is 0 Å². The van der Waals surface area contributed by atoms with E-state index in [1.165, 1.54) is 19.3 Å². The minimum absolute atomic E-state index is 0.0653. The molecule has 3 heteroatoms. The average molecular weight is 247 g/mol. The van der Waals surface area contributed by atoms with Crippen LogP contribution in [0.4, 0.5) is 5.82 Å². The Hall–Kier alpha value is -1.09. The van der Waals surface area contributed by atoms with Crippen molar-refractivity contribution in [1.82, 2.24) is 4.98 Å². The van der Waals surface area contributed by atoms with Crippen molar-refractivity contribution in [2.75, 3.05) is 18.0 Å². The zero-order chi connectivity index (χ0) is 13.2. The fourth-order valence-electron chi connectivity index (χ4n) is 2.81. The van der Waals surface area contributed by atoms with E-state index in [2.05, 4.69) is 35.9 Å². The molecule has 1 atom stereocenters. The highest BCUT2D eigenvalue weighted by Crippen LogP contribution is 2.38. The van der Waals surface area contributed by atoms with E-state index in [0.29, 0.717) is 5.41 Å². The van der Waals surface area contributed by atoms with E-state index in [1.807, 2.05) is 13.1 Å². The summed E-state index contributed by atoms with van der Waals surface area (Å²) in [5.41, 5.74) is 7.46. The van der Waals surface area contributed by atoms with Crippen LogP contribution in [0, 0.1) is 5.41 Å². The molecule has 2 rings (SSSR count). The first-order chi connectivity index (χ1) is 8.60. The third kappa shape index (κ3) is 2.51. The van der Waals surface area contributed by atoms with Crippen LogP contribution in [0.1, 0.15) is 51.6 Å². The largest absolute Gasteiger partial charge is 0.356 e. The second-order valence-electron chi connectivity index (χ2n) is 5.62. The molecule has 1 aromatic heterocycles. The lowest BCUT2D eigenvalue weighted by Gasteiger charge is -2.26. The summed E-state index contributed by atoms with van der Waals surface area (Å²) in [6.07, 6.45) is 5.73. The normalized spacial score (nSPS) is 20.1. The Balaban J connectivity index is 2.09. The third-order valence-corrected chi connectivity index (χ3v) is 4.56. The number of hydrogen-bond donors (Lipinski definition) is 1. The summed E-state index contributed by atoms with van der Waals surface area (Å²) in [6.45, 7) is 8.88. The predicted octanol–water partition coefficient (Wildman–Crippen LogP) is 3.12. The van der Waals surface area contributed by atoms with Crippen LogP contribution in [0.5, 0.6) is 0 Å². The molecule has 1 aliphatic rings. The Bertz CT molecular complexity index is 379. The summed E-state index contributed by atoms with van der Waals surface area (Å²) in [5.74, 6) is 1.10. The van der Waals surface area contributed by atoms with Crippen molar-refractivity contribution in [2.45, 2.75) is 46.1 Å². The molecule has 1 aromatic rings. The van der Waals surface area contributed by atoms with E-state index < -0.39 is 0 Å². The maximum absolute atomic E-state index is 5.85. The Morgan fingerprint density at radius 2 is 2.11 bits per heavy atom. The highest BCUT2D eigenvalue weighted by molar-refractivity contribution is 5.41. The summed E-state index contributed by atoms with van der Waals surface area (Å²) >= 11 is 0. The van der Waals surface area contributed by atoms with Crippen molar-refractivity contribution in [3.63, 3.8) is 0 Å². The maximum atomic E-state index is 5.85. The third-order valence-electron chi connectivity index (χ3n) is 4.56. The topological polar surface area (TPSA) is 42.1 Å². The van der Waals surface area contributed by atoms with Gasteiger partial charge in [0.2, 0.25) is 0 Å². The fraction of sp³-hybridized carbons (Fsp3) is 0.667. The standard InChI is InChI=1S/C15H25N3/c1-4-15(5-2)8-9-18(11-15)14-7-6-13(10-17-14)12(3)16/h6-7,10,12H,4-5,8-9,11,16H2,1-3H3. The van der Waals surface area contributed by atoms with E-state index >= 15 is 0 Å². The first-order valence-electron chi connectivity index (χ1n) is 7.07. The first-order valence-corrected chi connectivity index (χ1v) is 7.07. The molecule has 1 fully saturated rings. The van der Waals surface area contributed by atoms with Gasteiger partial charge in [0, 0.05) is 25.3 Å². The summed E-state index contributed by atoms with van der Waals surface area (Å²) in [6, 6.07) is 4.28. The quantitative estimate of drug-likeness (QED) is 0.889. The molecule has 0 spiro atoms. The molecular formula is C15H25N3. The molecule has 3 nitrogen and oxygen atoms in total. The van der Waals surface area contributed by atoms with Gasteiger partial charge < -0.3 is 10.6 Å². The lowest BCUT2D eigenvalue weighted by atomic mass is 9.82. The summed E-state index contributed by atoms with van der Waals surface area (Å²) in [7, 11) is 0. The summed E-state index contributed by atoms with van der Waals surface area (Å²) in [4.78, 5) is 6.98. The summed E-state index contributed by atoms with van der Waals surface area (Å²) < 4.78 is 0. The monoisotopic (exact) mass is 247 g/mol. The highest BCUT2D eigenvalue weighted by Gasteiger charge is 2.35. The number of nitrogens with two attached hydrogens (primary N) is 1. The first kappa shape index (κ1) is 13.3. The lowest BCUT2D eigenvalue weighted by Crippen LogP contribution is -2.26. The minimum atomic E-state index is 0.0653. The average Bonchev–Trinajstić information content (AvgIpc) is 2.84. The van der Waals surface area contributed by atoms with Crippen molar-refractivity contribution in [3.05, 3.63) is 23.9 Å². The van der Waals surface area contributed by atoms with Gasteiger partial charge in [0.15, 0.2) is 0 Å². The second kappa shape index (κ2) is 5.27. The Labute approximate surface area is 110 Å². The van der Waals surface area contributed by atoms with Crippen LogP contribution in [0.25, 0.3) is 0 Å². The molecule has 100 valence electrons. The molecule has 2 heterocycles. The van der Waals surface area contributed by atoms with E-state index in [0.717, 1.165) is 24.5 Å². The number of hydrogen-bond acceptors (Lipinski definition) is 3. The van der Waals surface area contributed by atoms with Crippen molar-refractivity contribution in [3.8, 4) is 0 Å². The molecule has 0 amide bonds. The van der Waals surface area contributed by atoms with Crippen LogP contribution in [-0.2, 0) is 0 Å². The molecule has 18 heavy (non-hydrogen) atoms. The van der Waals surface area contributed by atoms with Crippen LogP contribution in [-0.4, -0.2) is 18.1 Å². The lowest BCUT2D eigenvalue weighted by molar-refractivity contribution is 0.301. The Morgan fingerprint density at radius 1 is 1.39 bits per heavy atom. The number of anilines is 1. The van der Waals surface area contributed by atoms with Crippen LogP contribution in [0.15, 0.2) is 18.3 Å². The van der Waals surface area contributed by atoms with Gasteiger partial charge in [-0.2, -0.15) is 0 Å². The zero-order valence-electron chi connectivity index (χ0n) is 11.8. The van der Waals surface area contributed by atoms with Gasteiger partial charge >= 0.3 is 0 Å². The molecule has 0 radical (unpaired) electrons. The number of aromatic nitrogens is 1. The molecular weight excluding hydrogens is 222 g/mol. The SMILES string of the molecule is CCC1(CC)CCN(c2ccc(C(C)N)cn2)C1. The summed E-state index contributed by atoms with van der Waals surface area (Å²) in [5, 5.41) is 0. The molecule has 2 N–H and O–H groups in total. The van der Waals surface area contributed by atoms with Crippen molar-refractivity contribution in [1.29, 1.82) is 0 Å². The van der Waals surface area contributed by atoms with E-state index in [-0.39, 0.29) is 6.04 Å². The molecule has 1 aliphatic heterocycles. The highest BCUT2D eigenvalue weighted by atomic mass is 15.2. The van der Waals surface area contributed by atoms with Crippen molar-refractivity contribution < 1.29 is 0 Å². The smallest absolute Gasteiger partial charge is 0.128 e. The van der Waals surface area contributed by atoms with Gasteiger partial charge in [0.05, 0.1) is 0 Å². The van der Waals surface area contributed by atoms with E-state index in [4.69, 9.17) is 5.73 Å². The minimum Gasteiger partial charge on any atom is -0.356 e. The molecule has 0 aromatic carbocycles. The van der Waals surface area contributed by atoms with Gasteiger partial charge in [-0.25, -0.2) is 4.98 Å². The van der Waals surface area contributed by atoms with Crippen molar-refractivity contribution >= 4 is 5.82 Å². The maximum Gasteiger partial charge on any atom is 0.128 e. The number of rotatable bonds is 4. The number of nitrogens with zero attached hydrogens (tertiary/aromatic N) is 2.